The molecule has 0 aromatic heterocycles. The molecular weight excluding hydrogens is 377 g/mol. The van der Waals surface area contributed by atoms with Crippen molar-refractivity contribution >= 4 is 45.0 Å². The van der Waals surface area contributed by atoms with Gasteiger partial charge in [-0.1, -0.05) is 29.3 Å². The summed E-state index contributed by atoms with van der Waals surface area (Å²) in [5.74, 6) is 0.425. The van der Waals surface area contributed by atoms with E-state index in [-0.39, 0.29) is 12.5 Å². The molecule has 0 fully saturated rings. The summed E-state index contributed by atoms with van der Waals surface area (Å²) in [6.07, 6.45) is 0. The molecule has 0 saturated carbocycles. The van der Waals surface area contributed by atoms with Crippen LogP contribution >= 0.6 is 39.1 Å². The molecule has 0 unspecified atom stereocenters. The molecule has 0 heterocycles. The summed E-state index contributed by atoms with van der Waals surface area (Å²) in [7, 11) is 1.56. The van der Waals surface area contributed by atoms with Crippen LogP contribution in [-0.4, -0.2) is 13.0 Å². The second kappa shape index (κ2) is 7.16. The van der Waals surface area contributed by atoms with Crippen LogP contribution in [0.25, 0.3) is 0 Å². The number of carbonyl (C=O) groups is 1. The summed E-state index contributed by atoms with van der Waals surface area (Å²) in [4.78, 5) is 12.1. The molecule has 21 heavy (non-hydrogen) atoms. The van der Waals surface area contributed by atoms with Crippen molar-refractivity contribution in [3.63, 3.8) is 0 Å². The van der Waals surface area contributed by atoms with E-state index < -0.39 is 0 Å². The van der Waals surface area contributed by atoms with E-state index in [0.29, 0.717) is 25.8 Å². The van der Waals surface area contributed by atoms with E-state index in [1.54, 1.807) is 43.5 Å². The number of methoxy groups -OCH3 is 1. The fourth-order valence-electron chi connectivity index (χ4n) is 1.81. The van der Waals surface area contributed by atoms with Crippen molar-refractivity contribution < 1.29 is 9.53 Å². The quantitative estimate of drug-likeness (QED) is 0.824. The maximum Gasteiger partial charge on any atom is 0.251 e. The fourth-order valence-corrected chi connectivity index (χ4v) is 2.54. The van der Waals surface area contributed by atoms with Gasteiger partial charge >= 0.3 is 0 Å². The van der Waals surface area contributed by atoms with Gasteiger partial charge in [0.1, 0.15) is 5.75 Å². The lowest BCUT2D eigenvalue weighted by atomic mass is 10.1. The predicted molar refractivity (Wildman–Crippen MR) is 88.3 cm³/mol. The lowest BCUT2D eigenvalue weighted by Crippen LogP contribution is -2.23. The van der Waals surface area contributed by atoms with Gasteiger partial charge < -0.3 is 10.1 Å². The van der Waals surface area contributed by atoms with Crippen molar-refractivity contribution in [1.29, 1.82) is 0 Å². The highest BCUT2D eigenvalue weighted by Gasteiger charge is 2.11. The van der Waals surface area contributed by atoms with Gasteiger partial charge in [0.15, 0.2) is 0 Å². The number of benzene rings is 2. The van der Waals surface area contributed by atoms with Crippen molar-refractivity contribution in [3.8, 4) is 5.75 Å². The van der Waals surface area contributed by atoms with Gasteiger partial charge in [-0.2, -0.15) is 0 Å². The number of hydrogen-bond donors (Lipinski definition) is 1. The highest BCUT2D eigenvalue weighted by atomic mass is 79.9. The molecule has 0 saturated heterocycles. The summed E-state index contributed by atoms with van der Waals surface area (Å²) in [6.45, 7) is 0.280. The summed E-state index contributed by atoms with van der Waals surface area (Å²) < 4.78 is 5.91. The van der Waals surface area contributed by atoms with Crippen molar-refractivity contribution in [2.75, 3.05) is 7.11 Å². The smallest absolute Gasteiger partial charge is 0.251 e. The molecule has 0 spiro atoms. The van der Waals surface area contributed by atoms with Crippen molar-refractivity contribution in [2.45, 2.75) is 6.54 Å². The van der Waals surface area contributed by atoms with E-state index in [9.17, 15) is 4.79 Å². The molecule has 6 heteroatoms. The van der Waals surface area contributed by atoms with Crippen LogP contribution in [0.5, 0.6) is 5.75 Å². The van der Waals surface area contributed by atoms with Gasteiger partial charge in [-0.25, -0.2) is 0 Å². The van der Waals surface area contributed by atoms with Crippen LogP contribution in [-0.2, 0) is 6.54 Å². The molecule has 2 aromatic rings. The lowest BCUT2D eigenvalue weighted by Gasteiger charge is -2.11. The molecule has 0 radical (unpaired) electrons. The minimum atomic E-state index is -0.214. The van der Waals surface area contributed by atoms with E-state index in [1.807, 2.05) is 0 Å². The Hall–Kier alpha value is -1.23. The van der Waals surface area contributed by atoms with E-state index in [0.717, 1.165) is 5.56 Å². The average molecular weight is 389 g/mol. The second-order valence-corrected chi connectivity index (χ2v) is 5.90. The first-order chi connectivity index (χ1) is 10.0. The minimum Gasteiger partial charge on any atom is -0.496 e. The Morgan fingerprint density at radius 1 is 1.24 bits per heavy atom. The first-order valence-corrected chi connectivity index (χ1v) is 7.62. The van der Waals surface area contributed by atoms with Crippen LogP contribution < -0.4 is 10.1 Å². The molecule has 0 aliphatic rings. The van der Waals surface area contributed by atoms with Crippen LogP contribution in [0.2, 0.25) is 10.0 Å². The third-order valence-corrected chi connectivity index (χ3v) is 4.47. The molecule has 0 aliphatic heterocycles. The van der Waals surface area contributed by atoms with Gasteiger partial charge in [0.25, 0.3) is 5.91 Å². The van der Waals surface area contributed by atoms with Crippen molar-refractivity contribution in [2.24, 2.45) is 0 Å². The van der Waals surface area contributed by atoms with Gasteiger partial charge in [0.05, 0.1) is 12.1 Å². The molecule has 1 amide bonds. The van der Waals surface area contributed by atoms with Gasteiger partial charge in [0.2, 0.25) is 0 Å². The Labute approximate surface area is 141 Å². The zero-order valence-electron chi connectivity index (χ0n) is 11.1. The standard InChI is InChI=1S/C15H12BrCl2NO2/c1-21-14-4-2-3-12(17)10(14)8-19-15(20)9-5-6-13(18)11(16)7-9/h2-7H,8H2,1H3,(H,19,20). The first kappa shape index (κ1) is 16.1. The summed E-state index contributed by atoms with van der Waals surface area (Å²) >= 11 is 15.3. The maximum absolute atomic E-state index is 12.1. The summed E-state index contributed by atoms with van der Waals surface area (Å²) in [5.41, 5.74) is 1.25. The highest BCUT2D eigenvalue weighted by Crippen LogP contribution is 2.26. The molecule has 0 bridgehead atoms. The van der Waals surface area contributed by atoms with Gasteiger partial charge in [-0.3, -0.25) is 4.79 Å². The lowest BCUT2D eigenvalue weighted by molar-refractivity contribution is 0.0950. The zero-order chi connectivity index (χ0) is 15.4. The van der Waals surface area contributed by atoms with E-state index in [2.05, 4.69) is 21.2 Å². The molecule has 110 valence electrons. The molecule has 2 rings (SSSR count). The van der Waals surface area contributed by atoms with Gasteiger partial charge in [-0.05, 0) is 46.3 Å². The number of rotatable bonds is 4. The monoisotopic (exact) mass is 387 g/mol. The van der Waals surface area contributed by atoms with Crippen molar-refractivity contribution in [3.05, 3.63) is 62.0 Å². The van der Waals surface area contributed by atoms with Crippen molar-refractivity contribution in [1.82, 2.24) is 5.32 Å². The summed E-state index contributed by atoms with van der Waals surface area (Å²) in [6, 6.07) is 10.3. The zero-order valence-corrected chi connectivity index (χ0v) is 14.2. The Morgan fingerprint density at radius 2 is 2.00 bits per heavy atom. The van der Waals surface area contributed by atoms with E-state index >= 15 is 0 Å². The maximum atomic E-state index is 12.1. The Balaban J connectivity index is 2.13. The summed E-state index contributed by atoms with van der Waals surface area (Å²) in [5, 5.41) is 3.91. The highest BCUT2D eigenvalue weighted by molar-refractivity contribution is 9.10. The van der Waals surface area contributed by atoms with Crippen LogP contribution in [0.1, 0.15) is 15.9 Å². The van der Waals surface area contributed by atoms with E-state index in [1.165, 1.54) is 0 Å². The number of ether oxygens (including phenoxy) is 1. The van der Waals surface area contributed by atoms with Crippen LogP contribution in [0, 0.1) is 0 Å². The Morgan fingerprint density at radius 3 is 2.67 bits per heavy atom. The third kappa shape index (κ3) is 3.90. The van der Waals surface area contributed by atoms with E-state index in [4.69, 9.17) is 27.9 Å². The van der Waals surface area contributed by atoms with Crippen LogP contribution in [0.15, 0.2) is 40.9 Å². The molecule has 0 aliphatic carbocycles. The topological polar surface area (TPSA) is 38.3 Å². The largest absolute Gasteiger partial charge is 0.496 e. The number of carbonyl (C=O) groups excluding carboxylic acids is 1. The molecule has 1 N–H and O–H groups in total. The first-order valence-electron chi connectivity index (χ1n) is 6.07. The van der Waals surface area contributed by atoms with Gasteiger partial charge in [-0.15, -0.1) is 0 Å². The van der Waals surface area contributed by atoms with Crippen LogP contribution in [0.4, 0.5) is 0 Å². The SMILES string of the molecule is COc1cccc(Cl)c1CNC(=O)c1ccc(Cl)c(Br)c1. The van der Waals surface area contributed by atoms with Gasteiger partial charge in [0, 0.05) is 27.2 Å². The number of hydrogen-bond acceptors (Lipinski definition) is 2. The fraction of sp³-hybridized carbons (Fsp3) is 0.133. The predicted octanol–water partition coefficient (Wildman–Crippen LogP) is 4.69. The number of amides is 1. The average Bonchev–Trinajstić information content (AvgIpc) is 2.48. The minimum absolute atomic E-state index is 0.214. The Kier molecular flexibility index (Phi) is 5.51. The molecule has 3 nitrogen and oxygen atoms in total. The molecular formula is C15H12BrCl2NO2. The molecule has 0 atom stereocenters. The Bertz CT molecular complexity index is 677. The van der Waals surface area contributed by atoms with Crippen LogP contribution in [0.3, 0.4) is 0 Å². The third-order valence-electron chi connectivity index (χ3n) is 2.90. The number of halogens is 3. The second-order valence-electron chi connectivity index (χ2n) is 4.23. The molecule has 2 aromatic carbocycles. The number of nitrogens with one attached hydrogen (secondary N) is 1. The normalized spacial score (nSPS) is 10.3.